The van der Waals surface area contributed by atoms with E-state index in [0.29, 0.717) is 0 Å². The third kappa shape index (κ3) is 3.26. The summed E-state index contributed by atoms with van der Waals surface area (Å²) in [5, 5.41) is -7.95. The van der Waals surface area contributed by atoms with Gasteiger partial charge in [-0.15, -0.1) is 0 Å². The van der Waals surface area contributed by atoms with Crippen LogP contribution in [0.4, 0.5) is 74.6 Å². The third-order valence-electron chi connectivity index (χ3n) is 3.01. The molecule has 0 aromatic rings. The minimum Gasteiger partial charge on any atom is -0.192 e. The van der Waals surface area contributed by atoms with Gasteiger partial charge in [0.15, 0.2) is 0 Å². The van der Waals surface area contributed by atoms with Crippen LogP contribution in [0, 0.1) is 0 Å². The first-order valence-electron chi connectivity index (χ1n) is 5.67. The van der Waals surface area contributed by atoms with E-state index in [1.54, 1.807) is 0 Å². The molecule has 0 atom stereocenters. The SMILES string of the molecule is [O]S(=O)(=O)C(F)(F)C(F)(F)C(F)(F)C(F)(F)C(F)(F)C(F)(F)C(F)(F)C(F)(F)F. The van der Waals surface area contributed by atoms with Crippen LogP contribution in [0.5, 0.6) is 0 Å². The van der Waals surface area contributed by atoms with Crippen molar-refractivity contribution in [2.75, 3.05) is 0 Å². The van der Waals surface area contributed by atoms with Gasteiger partial charge in [0, 0.05) is 0 Å². The van der Waals surface area contributed by atoms with Crippen molar-refractivity contribution in [3.8, 4) is 0 Å². The summed E-state index contributed by atoms with van der Waals surface area (Å²) in [7, 11) is -8.14. The second-order valence-corrected chi connectivity index (χ2v) is 6.34. The molecule has 0 saturated carbocycles. The van der Waals surface area contributed by atoms with E-state index in [2.05, 4.69) is 0 Å². The molecule has 0 fully saturated rings. The third-order valence-corrected chi connectivity index (χ3v) is 3.89. The van der Waals surface area contributed by atoms with Gasteiger partial charge in [0.05, 0.1) is 0 Å². The Labute approximate surface area is 146 Å². The Morgan fingerprint density at radius 3 is 0.793 bits per heavy atom. The van der Waals surface area contributed by atoms with Gasteiger partial charge >= 0.3 is 57.1 Å². The molecule has 0 rings (SSSR count). The minimum atomic E-state index is -8.92. The number of rotatable bonds is 7. The molecule has 0 aliphatic rings. The van der Waals surface area contributed by atoms with Gasteiger partial charge in [-0.25, -0.2) is 0 Å². The molecule has 0 aliphatic heterocycles. The Balaban J connectivity index is 6.90. The van der Waals surface area contributed by atoms with Crippen molar-refractivity contribution in [2.45, 2.75) is 47.0 Å². The van der Waals surface area contributed by atoms with Gasteiger partial charge in [0.1, 0.15) is 0 Å². The van der Waals surface area contributed by atoms with E-state index in [1.165, 1.54) is 0 Å². The molecular formula is C8F17O3S. The van der Waals surface area contributed by atoms with Crippen molar-refractivity contribution < 1.29 is 87.6 Å². The highest BCUT2D eigenvalue weighted by molar-refractivity contribution is 7.86. The summed E-state index contributed by atoms with van der Waals surface area (Å²) in [6, 6.07) is 0. The molecule has 0 saturated heterocycles. The Kier molecular flexibility index (Phi) is 6.08. The molecule has 29 heavy (non-hydrogen) atoms. The van der Waals surface area contributed by atoms with E-state index in [-0.39, 0.29) is 0 Å². The van der Waals surface area contributed by atoms with Crippen molar-refractivity contribution in [3.63, 3.8) is 0 Å². The lowest BCUT2D eigenvalue weighted by atomic mass is 9.91. The lowest BCUT2D eigenvalue weighted by Crippen LogP contribution is -2.74. The van der Waals surface area contributed by atoms with E-state index < -0.39 is 57.1 Å². The Morgan fingerprint density at radius 2 is 0.586 bits per heavy atom. The van der Waals surface area contributed by atoms with Crippen molar-refractivity contribution in [1.82, 2.24) is 0 Å². The van der Waals surface area contributed by atoms with Crippen LogP contribution < -0.4 is 0 Å². The van der Waals surface area contributed by atoms with Gasteiger partial charge in [-0.1, -0.05) is 4.55 Å². The van der Waals surface area contributed by atoms with Crippen molar-refractivity contribution in [1.29, 1.82) is 0 Å². The summed E-state index contributed by atoms with van der Waals surface area (Å²) in [6.45, 7) is 0. The molecule has 1 radical (unpaired) electrons. The highest BCUT2D eigenvalue weighted by Crippen LogP contribution is 2.64. The minimum absolute atomic E-state index is 7.89. The lowest BCUT2D eigenvalue weighted by molar-refractivity contribution is -0.458. The van der Waals surface area contributed by atoms with Crippen LogP contribution >= 0.6 is 0 Å². The molecule has 3 nitrogen and oxygen atoms in total. The standard InChI is InChI=1S/C8F17O3S/c9-1(10,3(13,14)5(17,18)7(21,22)23)2(11,12)4(15,16)6(19,20)8(24,25)29(26,27)28. The predicted molar refractivity (Wildman–Crippen MR) is 50.3 cm³/mol. The fourth-order valence-corrected chi connectivity index (χ4v) is 1.75. The van der Waals surface area contributed by atoms with Crippen molar-refractivity contribution in [2.24, 2.45) is 0 Å². The number of halogens is 17. The van der Waals surface area contributed by atoms with Gasteiger partial charge in [-0.05, 0) is 0 Å². The summed E-state index contributed by atoms with van der Waals surface area (Å²) in [5.74, 6) is -52.1. The number of alkyl halides is 17. The molecule has 0 aromatic heterocycles. The molecule has 0 heterocycles. The second-order valence-electron chi connectivity index (χ2n) is 4.92. The van der Waals surface area contributed by atoms with E-state index in [0.717, 1.165) is 0 Å². The lowest BCUT2D eigenvalue weighted by Gasteiger charge is -2.42. The quantitative estimate of drug-likeness (QED) is 0.477. The molecule has 0 unspecified atom stereocenters. The van der Waals surface area contributed by atoms with E-state index in [9.17, 15) is 87.6 Å². The zero-order valence-corrected chi connectivity index (χ0v) is 12.9. The zero-order valence-electron chi connectivity index (χ0n) is 12.1. The molecule has 0 aromatic carbocycles. The summed E-state index contributed by atoms with van der Waals surface area (Å²) in [4.78, 5) is 0. The smallest absolute Gasteiger partial charge is 0.192 e. The molecular weight excluding hydrogens is 499 g/mol. The first-order valence-corrected chi connectivity index (χ1v) is 7.08. The zero-order chi connectivity index (χ0) is 24.5. The first kappa shape index (κ1) is 27.7. The fourth-order valence-electron chi connectivity index (χ4n) is 1.31. The van der Waals surface area contributed by atoms with Crippen LogP contribution in [0.15, 0.2) is 0 Å². The molecule has 0 aliphatic carbocycles. The van der Waals surface area contributed by atoms with Gasteiger partial charge in [-0.2, -0.15) is 83.1 Å². The normalized spacial score (nSPS) is 16.9. The second kappa shape index (κ2) is 6.36. The summed E-state index contributed by atoms with van der Waals surface area (Å²) in [5.41, 5.74) is 0. The molecule has 175 valence electrons. The maximum absolute atomic E-state index is 13.0. The summed E-state index contributed by atoms with van der Waals surface area (Å²) >= 11 is 0. The first-order chi connectivity index (χ1) is 12.0. The molecule has 0 bridgehead atoms. The Bertz CT molecular complexity index is 732. The summed E-state index contributed by atoms with van der Waals surface area (Å²) < 4.78 is 244. The molecule has 0 spiro atoms. The molecule has 21 heteroatoms. The van der Waals surface area contributed by atoms with Crippen LogP contribution in [-0.2, 0) is 14.7 Å². The average Bonchev–Trinajstić information content (AvgIpc) is 2.43. The van der Waals surface area contributed by atoms with Crippen LogP contribution in [0.1, 0.15) is 0 Å². The Hall–Kier alpha value is -1.28. The van der Waals surface area contributed by atoms with Crippen LogP contribution in [0.25, 0.3) is 0 Å². The monoisotopic (exact) mass is 499 g/mol. The largest absolute Gasteiger partial charge is 0.460 e. The maximum Gasteiger partial charge on any atom is 0.460 e. The summed E-state index contributed by atoms with van der Waals surface area (Å²) in [6.07, 6.45) is -7.89. The van der Waals surface area contributed by atoms with Gasteiger partial charge in [-0.3, -0.25) is 0 Å². The van der Waals surface area contributed by atoms with Crippen molar-refractivity contribution >= 4 is 10.1 Å². The van der Waals surface area contributed by atoms with E-state index >= 15 is 0 Å². The highest BCUT2D eigenvalue weighted by atomic mass is 32.2. The predicted octanol–water partition coefficient (Wildman–Crippen LogP) is 4.71. The Morgan fingerprint density at radius 1 is 0.379 bits per heavy atom. The van der Waals surface area contributed by atoms with E-state index in [1.807, 2.05) is 0 Å². The maximum atomic E-state index is 13.0. The van der Waals surface area contributed by atoms with Gasteiger partial charge in [0.2, 0.25) is 0 Å². The van der Waals surface area contributed by atoms with Crippen molar-refractivity contribution in [3.05, 3.63) is 0 Å². The van der Waals surface area contributed by atoms with Gasteiger partial charge < -0.3 is 0 Å². The van der Waals surface area contributed by atoms with Crippen LogP contribution in [-0.4, -0.2) is 55.4 Å². The van der Waals surface area contributed by atoms with Crippen LogP contribution in [0.3, 0.4) is 0 Å². The van der Waals surface area contributed by atoms with Gasteiger partial charge in [0.25, 0.3) is 0 Å². The van der Waals surface area contributed by atoms with Crippen LogP contribution in [0.2, 0.25) is 0 Å². The molecule has 0 N–H and O–H groups in total. The highest BCUT2D eigenvalue weighted by Gasteiger charge is 2.96. The fraction of sp³-hybridized carbons (Fsp3) is 1.00. The van der Waals surface area contributed by atoms with E-state index in [4.69, 9.17) is 0 Å². The number of hydrogen-bond acceptors (Lipinski definition) is 2. The topological polar surface area (TPSA) is 54.0 Å². The average molecular weight is 499 g/mol. The number of hydrogen-bond donors (Lipinski definition) is 0. The molecule has 0 amide bonds.